The van der Waals surface area contributed by atoms with E-state index in [1.165, 1.54) is 0 Å². The van der Waals surface area contributed by atoms with E-state index < -0.39 is 0 Å². The summed E-state index contributed by atoms with van der Waals surface area (Å²) in [6.45, 7) is 2.01. The van der Waals surface area contributed by atoms with E-state index in [1.807, 2.05) is 43.5 Å². The smallest absolute Gasteiger partial charge is 0.123 e. The number of aryl methyl sites for hydroxylation is 1. The Morgan fingerprint density at radius 2 is 1.92 bits per heavy atom. The van der Waals surface area contributed by atoms with Gasteiger partial charge in [-0.1, -0.05) is 17.7 Å². The molecule has 0 atom stereocenters. The van der Waals surface area contributed by atoms with E-state index in [4.69, 9.17) is 17.3 Å². The van der Waals surface area contributed by atoms with Gasteiger partial charge in [0.1, 0.15) is 5.82 Å². The normalized spacial score (nSPS) is 11.1. The summed E-state index contributed by atoms with van der Waals surface area (Å²) in [6, 6.07) is 9.60. The summed E-state index contributed by atoms with van der Waals surface area (Å²) < 4.78 is 0. The van der Waals surface area contributed by atoms with E-state index in [-0.39, 0.29) is 0 Å². The lowest BCUT2D eigenvalue weighted by molar-refractivity contribution is 1.27. The molecule has 0 amide bonds. The number of aromatic nitrogens is 4. The molecule has 0 radical (unpaired) electrons. The van der Waals surface area contributed by atoms with Crippen LogP contribution in [-0.2, 0) is 0 Å². The van der Waals surface area contributed by atoms with Crippen molar-refractivity contribution in [1.29, 1.82) is 0 Å². The van der Waals surface area contributed by atoms with Crippen LogP contribution >= 0.6 is 11.6 Å². The number of pyridine rings is 3. The van der Waals surface area contributed by atoms with Crippen molar-refractivity contribution >= 4 is 28.5 Å². The van der Waals surface area contributed by atoms with E-state index in [0.29, 0.717) is 10.8 Å². The van der Waals surface area contributed by atoms with Gasteiger partial charge in [-0.3, -0.25) is 9.97 Å². The number of rotatable bonds is 2. The Morgan fingerprint density at radius 3 is 2.67 bits per heavy atom. The second-order valence-electron chi connectivity index (χ2n) is 5.61. The molecule has 0 saturated heterocycles. The van der Waals surface area contributed by atoms with Crippen LogP contribution in [0.15, 0.2) is 48.9 Å². The van der Waals surface area contributed by atoms with E-state index in [1.54, 1.807) is 12.4 Å². The van der Waals surface area contributed by atoms with Gasteiger partial charge in [-0.05, 0) is 36.8 Å². The lowest BCUT2D eigenvalue weighted by Crippen LogP contribution is -1.91. The first kappa shape index (κ1) is 14.7. The molecule has 0 aliphatic carbocycles. The predicted molar refractivity (Wildman–Crippen MR) is 96.7 cm³/mol. The number of nitrogens with one attached hydrogen (secondary N) is 1. The van der Waals surface area contributed by atoms with Gasteiger partial charge in [0, 0.05) is 24.2 Å². The third-order valence-electron chi connectivity index (χ3n) is 3.84. The van der Waals surface area contributed by atoms with Crippen molar-refractivity contribution in [2.75, 3.05) is 5.73 Å². The Balaban J connectivity index is 2.05. The summed E-state index contributed by atoms with van der Waals surface area (Å²) in [4.78, 5) is 16.5. The van der Waals surface area contributed by atoms with Crippen LogP contribution in [0, 0.1) is 6.92 Å². The van der Waals surface area contributed by atoms with Crippen LogP contribution in [0.2, 0.25) is 5.02 Å². The van der Waals surface area contributed by atoms with Crippen LogP contribution in [0.25, 0.3) is 33.5 Å². The van der Waals surface area contributed by atoms with Crippen molar-refractivity contribution in [3.63, 3.8) is 0 Å². The van der Waals surface area contributed by atoms with E-state index >= 15 is 0 Å². The number of nitrogen functional groups attached to an aromatic ring is 1. The summed E-state index contributed by atoms with van der Waals surface area (Å²) in [6.07, 6.45) is 5.16. The van der Waals surface area contributed by atoms with Crippen molar-refractivity contribution in [3.05, 3.63) is 59.5 Å². The highest BCUT2D eigenvalue weighted by Gasteiger charge is 2.17. The topological polar surface area (TPSA) is 80.5 Å². The number of anilines is 1. The largest absolute Gasteiger partial charge is 0.384 e. The number of aromatic amines is 1. The lowest BCUT2D eigenvalue weighted by Gasteiger charge is -2.05. The molecule has 0 bridgehead atoms. The van der Waals surface area contributed by atoms with Gasteiger partial charge in [0.05, 0.1) is 33.0 Å². The Labute approximate surface area is 143 Å². The quantitative estimate of drug-likeness (QED) is 0.574. The average molecular weight is 336 g/mol. The number of nitrogens with two attached hydrogens (primary N) is 1. The van der Waals surface area contributed by atoms with Gasteiger partial charge in [0.25, 0.3) is 0 Å². The molecule has 0 aliphatic heterocycles. The summed E-state index contributed by atoms with van der Waals surface area (Å²) in [5, 5.41) is 0.577. The number of H-pyrrole nitrogens is 1. The maximum Gasteiger partial charge on any atom is 0.123 e. The molecule has 4 heterocycles. The van der Waals surface area contributed by atoms with Crippen LogP contribution in [0.5, 0.6) is 0 Å². The van der Waals surface area contributed by atoms with Crippen LogP contribution in [0.1, 0.15) is 5.56 Å². The average Bonchev–Trinajstić information content (AvgIpc) is 2.94. The molecule has 24 heavy (non-hydrogen) atoms. The summed E-state index contributed by atoms with van der Waals surface area (Å²) >= 11 is 6.09. The Morgan fingerprint density at radius 1 is 1.04 bits per heavy atom. The van der Waals surface area contributed by atoms with E-state index in [2.05, 4.69) is 19.9 Å². The summed E-state index contributed by atoms with van der Waals surface area (Å²) in [5.74, 6) is 0.458. The first-order chi connectivity index (χ1) is 11.6. The zero-order valence-corrected chi connectivity index (χ0v) is 13.7. The van der Waals surface area contributed by atoms with Crippen LogP contribution in [0.4, 0.5) is 5.82 Å². The second-order valence-corrected chi connectivity index (χ2v) is 6.05. The molecule has 0 aliphatic rings. The van der Waals surface area contributed by atoms with Crippen molar-refractivity contribution < 1.29 is 0 Å². The molecule has 0 saturated carbocycles. The van der Waals surface area contributed by atoms with Crippen LogP contribution < -0.4 is 5.73 Å². The number of halogens is 1. The highest BCUT2D eigenvalue weighted by Crippen LogP contribution is 2.37. The molecule has 4 aromatic heterocycles. The molecule has 118 valence electrons. The molecule has 6 heteroatoms. The molecular weight excluding hydrogens is 322 g/mol. The molecule has 4 aromatic rings. The van der Waals surface area contributed by atoms with Gasteiger partial charge in [-0.2, -0.15) is 0 Å². The Hall–Kier alpha value is -2.92. The third-order valence-corrected chi connectivity index (χ3v) is 4.04. The van der Waals surface area contributed by atoms with Crippen molar-refractivity contribution in [1.82, 2.24) is 19.9 Å². The molecule has 0 unspecified atom stereocenters. The number of fused-ring (bicyclic) bond motifs is 1. The molecule has 3 N–H and O–H groups in total. The monoisotopic (exact) mass is 335 g/mol. The Bertz CT molecular complexity index is 1040. The van der Waals surface area contributed by atoms with E-state index in [9.17, 15) is 0 Å². The molecule has 0 fully saturated rings. The fourth-order valence-electron chi connectivity index (χ4n) is 2.73. The van der Waals surface area contributed by atoms with Crippen LogP contribution in [0.3, 0.4) is 0 Å². The number of hydrogen-bond acceptors (Lipinski definition) is 4. The first-order valence-corrected chi connectivity index (χ1v) is 7.82. The molecule has 4 rings (SSSR count). The van der Waals surface area contributed by atoms with Crippen molar-refractivity contribution in [2.45, 2.75) is 6.92 Å². The van der Waals surface area contributed by atoms with E-state index in [0.717, 1.165) is 39.1 Å². The fraction of sp³-hybridized carbons (Fsp3) is 0.0556. The molecule has 5 nitrogen and oxygen atoms in total. The SMILES string of the molecule is Cc1ccc(-c2c(-c3ccnc(N)c3)[nH]c3cc(Cl)cnc23)nc1. The maximum atomic E-state index is 6.09. The molecular formula is C18H14ClN5. The summed E-state index contributed by atoms with van der Waals surface area (Å²) in [7, 11) is 0. The second kappa shape index (κ2) is 5.62. The first-order valence-electron chi connectivity index (χ1n) is 7.44. The lowest BCUT2D eigenvalue weighted by atomic mass is 10.0. The van der Waals surface area contributed by atoms with Gasteiger partial charge in [0.2, 0.25) is 0 Å². The van der Waals surface area contributed by atoms with Gasteiger partial charge >= 0.3 is 0 Å². The van der Waals surface area contributed by atoms with Gasteiger partial charge in [-0.25, -0.2) is 4.98 Å². The zero-order valence-electron chi connectivity index (χ0n) is 12.9. The van der Waals surface area contributed by atoms with Crippen LogP contribution in [-0.4, -0.2) is 19.9 Å². The predicted octanol–water partition coefficient (Wildman–Crippen LogP) is 4.23. The standard InChI is InChI=1S/C18H14ClN5/c1-10-2-3-13(22-8-10)16-17(11-4-5-21-15(20)6-11)24-14-7-12(19)9-23-18(14)16/h2-9,24H,1H3,(H2,20,21). The number of nitrogens with zero attached hydrogens (tertiary/aromatic N) is 3. The van der Waals surface area contributed by atoms with Gasteiger partial charge in [-0.15, -0.1) is 0 Å². The third kappa shape index (κ3) is 2.49. The summed E-state index contributed by atoms with van der Waals surface area (Å²) in [5.41, 5.74) is 12.2. The Kier molecular flexibility index (Phi) is 3.43. The van der Waals surface area contributed by atoms with Crippen molar-refractivity contribution in [2.24, 2.45) is 0 Å². The highest BCUT2D eigenvalue weighted by molar-refractivity contribution is 6.31. The van der Waals surface area contributed by atoms with Crippen molar-refractivity contribution in [3.8, 4) is 22.5 Å². The molecule has 0 spiro atoms. The minimum Gasteiger partial charge on any atom is -0.384 e. The molecule has 0 aromatic carbocycles. The highest BCUT2D eigenvalue weighted by atomic mass is 35.5. The minimum absolute atomic E-state index is 0.458. The number of hydrogen-bond donors (Lipinski definition) is 2. The zero-order chi connectivity index (χ0) is 16.7. The maximum absolute atomic E-state index is 6.09. The van der Waals surface area contributed by atoms with Gasteiger partial charge in [0.15, 0.2) is 0 Å². The van der Waals surface area contributed by atoms with Gasteiger partial charge < -0.3 is 10.7 Å². The minimum atomic E-state index is 0.458. The fourth-order valence-corrected chi connectivity index (χ4v) is 2.89.